The first-order valence-electron chi connectivity index (χ1n) is 7.03. The Morgan fingerprint density at radius 2 is 1.94 bits per heavy atom. The van der Waals surface area contributed by atoms with Crippen molar-refractivity contribution in [1.29, 1.82) is 0 Å². The number of hydrogen-bond donors (Lipinski definition) is 1. The van der Waals surface area contributed by atoms with Crippen molar-refractivity contribution >= 4 is 0 Å². The Morgan fingerprint density at radius 1 is 1.29 bits per heavy atom. The van der Waals surface area contributed by atoms with Crippen LogP contribution >= 0.6 is 0 Å². The number of likely N-dealkylation sites (N-methyl/N-ethyl adjacent to an activating group) is 1. The molecule has 0 aromatic carbocycles. The van der Waals surface area contributed by atoms with Gasteiger partial charge in [-0.2, -0.15) is 0 Å². The molecule has 3 nitrogen and oxygen atoms in total. The first kappa shape index (κ1) is 14.9. The number of ether oxygens (including phenoxy) is 1. The highest BCUT2D eigenvalue weighted by atomic mass is 16.5. The Balaban J connectivity index is 2.29. The van der Waals surface area contributed by atoms with Crippen LogP contribution < -0.4 is 5.32 Å². The van der Waals surface area contributed by atoms with Crippen LogP contribution in [-0.4, -0.2) is 51.3 Å². The van der Waals surface area contributed by atoms with Crippen molar-refractivity contribution in [2.45, 2.75) is 45.6 Å². The molecule has 3 heteroatoms. The Labute approximate surface area is 107 Å². The lowest BCUT2D eigenvalue weighted by Gasteiger charge is -2.33. The van der Waals surface area contributed by atoms with Crippen LogP contribution in [0.2, 0.25) is 0 Å². The van der Waals surface area contributed by atoms with Gasteiger partial charge in [0.1, 0.15) is 0 Å². The lowest BCUT2D eigenvalue weighted by atomic mass is 9.85. The fraction of sp³-hybridized carbons (Fsp3) is 1.00. The van der Waals surface area contributed by atoms with Gasteiger partial charge in [0.05, 0.1) is 12.7 Å². The second-order valence-electron chi connectivity index (χ2n) is 5.89. The molecule has 17 heavy (non-hydrogen) atoms. The maximum Gasteiger partial charge on any atom is 0.0596 e. The van der Waals surface area contributed by atoms with E-state index in [0.29, 0.717) is 11.5 Å². The molecule has 1 N–H and O–H groups in total. The van der Waals surface area contributed by atoms with E-state index in [2.05, 4.69) is 38.2 Å². The predicted molar refractivity (Wildman–Crippen MR) is 73.4 cm³/mol. The van der Waals surface area contributed by atoms with E-state index in [0.717, 1.165) is 19.7 Å². The van der Waals surface area contributed by atoms with Crippen LogP contribution in [0.5, 0.6) is 0 Å². The lowest BCUT2D eigenvalue weighted by molar-refractivity contribution is 0.0546. The van der Waals surface area contributed by atoms with E-state index < -0.39 is 0 Å². The molecule has 0 atom stereocenters. The third kappa shape index (κ3) is 5.36. The summed E-state index contributed by atoms with van der Waals surface area (Å²) in [6, 6.07) is 0. The molecule has 0 aromatic rings. The van der Waals surface area contributed by atoms with E-state index in [1.54, 1.807) is 0 Å². The van der Waals surface area contributed by atoms with Crippen molar-refractivity contribution < 1.29 is 4.74 Å². The second-order valence-corrected chi connectivity index (χ2v) is 5.89. The zero-order chi connectivity index (χ0) is 12.7. The molecule has 0 spiro atoms. The quantitative estimate of drug-likeness (QED) is 0.705. The molecule has 1 aliphatic rings. The maximum absolute atomic E-state index is 5.61. The van der Waals surface area contributed by atoms with E-state index in [1.807, 2.05) is 0 Å². The van der Waals surface area contributed by atoms with Crippen molar-refractivity contribution in [3.8, 4) is 0 Å². The molecule has 1 rings (SSSR count). The molecule has 0 heterocycles. The maximum atomic E-state index is 5.61. The van der Waals surface area contributed by atoms with Crippen molar-refractivity contribution in [1.82, 2.24) is 10.2 Å². The standard InChI is InChI=1S/C14H30N2O/c1-13(2)17-10-9-16(4)12-14(11-15-3)7-5-6-8-14/h13,15H,5-12H2,1-4H3. The van der Waals surface area contributed by atoms with E-state index in [-0.39, 0.29) is 0 Å². The molecule has 0 aliphatic heterocycles. The van der Waals surface area contributed by atoms with Crippen LogP contribution in [0.4, 0.5) is 0 Å². The van der Waals surface area contributed by atoms with Gasteiger partial charge in [-0.05, 0) is 46.2 Å². The molecule has 1 fully saturated rings. The van der Waals surface area contributed by atoms with Gasteiger partial charge in [0.2, 0.25) is 0 Å². The molecule has 0 radical (unpaired) electrons. The molecule has 0 unspecified atom stereocenters. The van der Waals surface area contributed by atoms with Gasteiger partial charge >= 0.3 is 0 Å². The average Bonchev–Trinajstić information content (AvgIpc) is 2.66. The Bertz CT molecular complexity index is 200. The van der Waals surface area contributed by atoms with Crippen LogP contribution in [-0.2, 0) is 4.74 Å². The summed E-state index contributed by atoms with van der Waals surface area (Å²) in [6.45, 7) is 8.45. The largest absolute Gasteiger partial charge is 0.377 e. The minimum Gasteiger partial charge on any atom is -0.377 e. The number of rotatable bonds is 8. The molecule has 102 valence electrons. The molecular formula is C14H30N2O. The lowest BCUT2D eigenvalue weighted by Crippen LogP contribution is -2.41. The highest BCUT2D eigenvalue weighted by Gasteiger charge is 2.33. The van der Waals surface area contributed by atoms with Crippen molar-refractivity contribution in [3.05, 3.63) is 0 Å². The van der Waals surface area contributed by atoms with Crippen LogP contribution in [0, 0.1) is 5.41 Å². The molecule has 0 bridgehead atoms. The van der Waals surface area contributed by atoms with Gasteiger partial charge in [0.25, 0.3) is 0 Å². The Morgan fingerprint density at radius 3 is 2.47 bits per heavy atom. The van der Waals surface area contributed by atoms with E-state index in [9.17, 15) is 0 Å². The van der Waals surface area contributed by atoms with Gasteiger partial charge in [-0.15, -0.1) is 0 Å². The van der Waals surface area contributed by atoms with Gasteiger partial charge in [0.15, 0.2) is 0 Å². The molecule has 0 saturated heterocycles. The van der Waals surface area contributed by atoms with Gasteiger partial charge in [0, 0.05) is 19.6 Å². The molecule has 1 aliphatic carbocycles. The summed E-state index contributed by atoms with van der Waals surface area (Å²) in [5, 5.41) is 3.37. The SMILES string of the molecule is CNCC1(CN(C)CCOC(C)C)CCCC1. The monoisotopic (exact) mass is 242 g/mol. The van der Waals surface area contributed by atoms with Gasteiger partial charge in [-0.3, -0.25) is 0 Å². The average molecular weight is 242 g/mol. The molecule has 0 aromatic heterocycles. The highest BCUT2D eigenvalue weighted by molar-refractivity contribution is 4.88. The van der Waals surface area contributed by atoms with E-state index in [1.165, 1.54) is 32.2 Å². The Kier molecular flexibility index (Phi) is 6.45. The van der Waals surface area contributed by atoms with E-state index in [4.69, 9.17) is 4.74 Å². The normalized spacial score (nSPS) is 19.4. The summed E-state index contributed by atoms with van der Waals surface area (Å²) in [5.74, 6) is 0. The van der Waals surface area contributed by atoms with Crippen molar-refractivity contribution in [3.63, 3.8) is 0 Å². The van der Waals surface area contributed by atoms with Crippen molar-refractivity contribution in [2.75, 3.05) is 40.3 Å². The summed E-state index contributed by atoms with van der Waals surface area (Å²) < 4.78 is 5.61. The summed E-state index contributed by atoms with van der Waals surface area (Å²) >= 11 is 0. The number of hydrogen-bond acceptors (Lipinski definition) is 3. The first-order valence-corrected chi connectivity index (χ1v) is 7.03. The first-order chi connectivity index (χ1) is 8.08. The van der Waals surface area contributed by atoms with Gasteiger partial charge < -0.3 is 15.0 Å². The minimum atomic E-state index is 0.348. The Hall–Kier alpha value is -0.120. The fourth-order valence-electron chi connectivity index (χ4n) is 2.99. The third-order valence-electron chi connectivity index (χ3n) is 3.75. The zero-order valence-electron chi connectivity index (χ0n) is 12.1. The summed E-state index contributed by atoms with van der Waals surface area (Å²) in [4.78, 5) is 2.44. The van der Waals surface area contributed by atoms with Crippen LogP contribution in [0.3, 0.4) is 0 Å². The van der Waals surface area contributed by atoms with E-state index >= 15 is 0 Å². The third-order valence-corrected chi connectivity index (χ3v) is 3.75. The van der Waals surface area contributed by atoms with Crippen molar-refractivity contribution in [2.24, 2.45) is 5.41 Å². The highest BCUT2D eigenvalue weighted by Crippen LogP contribution is 2.37. The summed E-state index contributed by atoms with van der Waals surface area (Å²) in [5.41, 5.74) is 0.515. The van der Waals surface area contributed by atoms with Gasteiger partial charge in [-0.25, -0.2) is 0 Å². The second kappa shape index (κ2) is 7.34. The van der Waals surface area contributed by atoms with Crippen LogP contribution in [0.15, 0.2) is 0 Å². The topological polar surface area (TPSA) is 24.5 Å². The minimum absolute atomic E-state index is 0.348. The fourth-order valence-corrected chi connectivity index (χ4v) is 2.99. The number of nitrogens with zero attached hydrogens (tertiary/aromatic N) is 1. The van der Waals surface area contributed by atoms with Gasteiger partial charge in [-0.1, -0.05) is 12.8 Å². The summed E-state index contributed by atoms with van der Waals surface area (Å²) in [7, 11) is 4.29. The van der Waals surface area contributed by atoms with Crippen LogP contribution in [0.25, 0.3) is 0 Å². The predicted octanol–water partition coefficient (Wildman–Crippen LogP) is 2.12. The smallest absolute Gasteiger partial charge is 0.0596 e. The van der Waals surface area contributed by atoms with Crippen LogP contribution in [0.1, 0.15) is 39.5 Å². The molecular weight excluding hydrogens is 212 g/mol. The molecule has 0 amide bonds. The molecule has 1 saturated carbocycles. The summed E-state index contributed by atoms with van der Waals surface area (Å²) in [6.07, 6.45) is 5.91. The zero-order valence-corrected chi connectivity index (χ0v) is 12.1. The number of nitrogens with one attached hydrogen (secondary N) is 1.